The highest BCUT2D eigenvalue weighted by Crippen LogP contribution is 2.44. The number of amides is 9. The molecule has 3 heterocycles. The Morgan fingerprint density at radius 2 is 0.606 bits per heavy atom. The number of rotatable bonds is 27. The van der Waals surface area contributed by atoms with Crippen LogP contribution in [0.5, 0.6) is 0 Å². The molecule has 0 aliphatic heterocycles. The average molecular weight is 1950 g/mol. The molecule has 9 amide bonds. The first-order valence-electron chi connectivity index (χ1n) is 44.0. The van der Waals surface area contributed by atoms with Crippen molar-refractivity contribution in [1.29, 1.82) is 0 Å². The minimum absolute atomic E-state index is 0.0621. The topological polar surface area (TPSA) is 416 Å². The number of ether oxygens (including phenoxy) is 3. The van der Waals surface area contributed by atoms with Crippen LogP contribution in [-0.4, -0.2) is 136 Å². The van der Waals surface area contributed by atoms with Crippen molar-refractivity contribution in [3.05, 3.63) is 196 Å². The number of nitrogens with zero attached hydrogens (tertiary/aromatic N) is 3. The minimum Gasteiger partial charge on any atom is -0.447 e. The highest BCUT2D eigenvalue weighted by Gasteiger charge is 2.35. The molecule has 0 bridgehead atoms. The fraction of sp³-hybridized carbons (Fsp3) is 0.457. The number of hydrogen-bond donors (Lipinski definition) is 12. The van der Waals surface area contributed by atoms with E-state index in [2.05, 4.69) is 77.0 Å². The molecule has 0 spiro atoms. The van der Waals surface area contributed by atoms with Gasteiger partial charge < -0.3 is 62.1 Å². The summed E-state index contributed by atoms with van der Waals surface area (Å²) in [5, 5.41) is 28.3. The number of urea groups is 3. The van der Waals surface area contributed by atoms with Crippen molar-refractivity contribution in [3.8, 4) is 31.3 Å². The largest absolute Gasteiger partial charge is 0.447 e. The molecule has 3 aliphatic rings. The summed E-state index contributed by atoms with van der Waals surface area (Å²) >= 11 is 4.67. The maximum absolute atomic E-state index is 13.6. The lowest BCUT2D eigenvalue weighted by Crippen LogP contribution is -2.40. The quantitative estimate of drug-likeness (QED) is 0.0213. The van der Waals surface area contributed by atoms with Gasteiger partial charge in [0, 0.05) is 143 Å². The van der Waals surface area contributed by atoms with E-state index < -0.39 is 64.8 Å². The summed E-state index contributed by atoms with van der Waals surface area (Å²) in [4.78, 5) is 90.2. The predicted octanol–water partition coefficient (Wildman–Crippen LogP) is 20.3. The van der Waals surface area contributed by atoms with Crippen LogP contribution in [0.2, 0.25) is 0 Å². The van der Waals surface area contributed by atoms with Gasteiger partial charge in [0.15, 0.2) is 0 Å². The van der Waals surface area contributed by atoms with E-state index in [4.69, 9.17) is 14.2 Å². The second-order valence-electron chi connectivity index (χ2n) is 36.4. The van der Waals surface area contributed by atoms with Crippen LogP contribution in [0.1, 0.15) is 230 Å². The summed E-state index contributed by atoms with van der Waals surface area (Å²) in [6.07, 6.45) is 14.9. The molecule has 12 N–H and O–H groups in total. The third-order valence-corrected chi connectivity index (χ3v) is 29.4. The molecule has 3 fully saturated rings. The number of sulfonamides is 3. The lowest BCUT2D eigenvalue weighted by Gasteiger charge is -2.28. The van der Waals surface area contributed by atoms with E-state index in [1.807, 2.05) is 133 Å². The summed E-state index contributed by atoms with van der Waals surface area (Å²) in [5.74, 6) is 0.666. The molecular formula is C94H126FN15O15S7. The number of benzene rings is 6. The summed E-state index contributed by atoms with van der Waals surface area (Å²) in [6, 6.07) is 42.1. The first kappa shape index (κ1) is 106. The molecule has 0 saturated heterocycles. The molecule has 3 aromatic heterocycles. The molecule has 38 heteroatoms. The van der Waals surface area contributed by atoms with Gasteiger partial charge >= 0.3 is 36.4 Å². The fourth-order valence-corrected chi connectivity index (χ4v) is 23.4. The van der Waals surface area contributed by atoms with Gasteiger partial charge in [-0.2, -0.15) is 3.89 Å². The maximum Gasteiger partial charge on any atom is 0.407 e. The highest BCUT2D eigenvalue weighted by molar-refractivity contribution is 7.93. The first-order valence-corrected chi connectivity index (χ1v) is 52.1. The molecule has 3 saturated carbocycles. The lowest BCUT2D eigenvalue weighted by molar-refractivity contribution is 0.108. The number of carbonyl (C=O) groups excluding carboxylic acids is 6. The van der Waals surface area contributed by atoms with Gasteiger partial charge in [0.2, 0.25) is 30.1 Å². The number of nitrogens with one attached hydrogen (secondary N) is 12. The standard InChI is InChI=1S/3C31H41N5O5S2.CH3FS/c3*1-20(2)41-30(38)35-23-13-11-22(12-14-23)28-32-19-26(42-28)25-16-15-24(17-27(25)43(39,40)36-31(3,4)5)34-29(37)33-18-21-9-7-6-8-10-21;1-3-2/h3*6-10,15-17,19-20,22-23,36H,11-14,18H2,1-5H3,(H,35,38)(H2,33,34,37);1H3. The van der Waals surface area contributed by atoms with Crippen LogP contribution in [0.15, 0.2) is 179 Å². The van der Waals surface area contributed by atoms with Gasteiger partial charge in [0.05, 0.1) is 62.7 Å². The van der Waals surface area contributed by atoms with Gasteiger partial charge in [-0.15, -0.1) is 34.0 Å². The molecule has 0 radical (unpaired) electrons. The zero-order valence-corrected chi connectivity index (χ0v) is 83.3. The van der Waals surface area contributed by atoms with Gasteiger partial charge in [-0.1, -0.05) is 109 Å². The van der Waals surface area contributed by atoms with Crippen LogP contribution in [0.25, 0.3) is 31.3 Å². The molecule has 9 aromatic rings. The van der Waals surface area contributed by atoms with E-state index in [1.54, 1.807) is 117 Å². The van der Waals surface area contributed by atoms with E-state index in [-0.39, 0.29) is 99.3 Å². The minimum atomic E-state index is -3.95. The number of halogens is 1. The molecule has 12 rings (SSSR count). The summed E-state index contributed by atoms with van der Waals surface area (Å²) in [5.41, 5.74) is 3.34. The van der Waals surface area contributed by atoms with Crippen LogP contribution in [-0.2, 0) is 63.9 Å². The highest BCUT2D eigenvalue weighted by atomic mass is 32.2. The Morgan fingerprint density at radius 1 is 0.379 bits per heavy atom. The van der Waals surface area contributed by atoms with Gasteiger partial charge in [0.25, 0.3) is 0 Å². The molecule has 6 aromatic carbocycles. The fourth-order valence-electron chi connectivity index (χ4n) is 14.8. The van der Waals surface area contributed by atoms with E-state index >= 15 is 0 Å². The third kappa shape index (κ3) is 34.7. The van der Waals surface area contributed by atoms with Gasteiger partial charge in [-0.05, 0) is 234 Å². The number of thiazole rings is 3. The summed E-state index contributed by atoms with van der Waals surface area (Å²) in [7, 11) is -11.8. The smallest absolute Gasteiger partial charge is 0.407 e. The second-order valence-corrected chi connectivity index (χ2v) is 44.8. The van der Waals surface area contributed by atoms with E-state index in [0.29, 0.717) is 53.4 Å². The first-order chi connectivity index (χ1) is 62.3. The van der Waals surface area contributed by atoms with Crippen molar-refractivity contribution in [1.82, 2.24) is 61.0 Å². The van der Waals surface area contributed by atoms with Crippen LogP contribution in [0, 0.1) is 0 Å². The number of anilines is 3. The molecule has 30 nitrogen and oxygen atoms in total. The molecule has 0 atom stereocenters. The normalized spacial score (nSPS) is 17.1. The SMILES string of the molecule is CC(C)OC(=O)NC1CCC(c2ncc(-c3ccc(NC(=O)NCc4ccccc4)cc3S(=O)(=O)NC(C)(C)C)s2)CC1.CC(C)OC(=O)NC1CCC(c2ncc(-c3ccc(NC(=O)NCc4ccccc4)cc3S(=O)(=O)NC(C)(C)C)s2)CC1.CC(C)OC(=O)NC1CCC(c2ncc(-c3ccc(NC(=O)NCc4ccccc4)cc3S(=O)(=O)NC(C)(C)C)s2)CC1.CSF. The predicted molar refractivity (Wildman–Crippen MR) is 524 cm³/mol. The zero-order chi connectivity index (χ0) is 96.3. The number of alkyl carbamates (subject to hydrolysis) is 3. The second kappa shape index (κ2) is 48.7. The van der Waals surface area contributed by atoms with Crippen molar-refractivity contribution in [2.75, 3.05) is 22.2 Å². The zero-order valence-electron chi connectivity index (χ0n) is 77.6. The van der Waals surface area contributed by atoms with Crippen LogP contribution in [0.3, 0.4) is 0 Å². The van der Waals surface area contributed by atoms with E-state index in [0.717, 1.165) is 123 Å². The van der Waals surface area contributed by atoms with Crippen molar-refractivity contribution in [2.45, 2.75) is 286 Å². The van der Waals surface area contributed by atoms with Crippen molar-refractivity contribution < 1.29 is 72.1 Å². The van der Waals surface area contributed by atoms with E-state index in [9.17, 15) is 57.9 Å². The Kier molecular flexibility index (Phi) is 38.9. The monoisotopic (exact) mass is 1950 g/mol. The average Bonchev–Trinajstić information content (AvgIpc) is 1.75. The lowest BCUT2D eigenvalue weighted by atomic mass is 9.86. The van der Waals surface area contributed by atoms with Crippen LogP contribution >= 0.6 is 46.2 Å². The molecule has 132 heavy (non-hydrogen) atoms. The Hall–Kier alpha value is -10.2. The van der Waals surface area contributed by atoms with Gasteiger partial charge in [-0.3, -0.25) is 0 Å². The third-order valence-electron chi connectivity index (χ3n) is 20.4. The van der Waals surface area contributed by atoms with Crippen LogP contribution < -0.4 is 62.0 Å². The molecule has 716 valence electrons. The molecule has 3 aliphatic carbocycles. The number of carbonyl (C=O) groups is 6. The van der Waals surface area contributed by atoms with Crippen molar-refractivity contribution in [2.24, 2.45) is 0 Å². The summed E-state index contributed by atoms with van der Waals surface area (Å²) < 4.78 is 116. The van der Waals surface area contributed by atoms with Gasteiger partial charge in [0.1, 0.15) is 0 Å². The van der Waals surface area contributed by atoms with Crippen molar-refractivity contribution in [3.63, 3.8) is 0 Å². The molecule has 0 unspecified atom stereocenters. The Morgan fingerprint density at radius 3 is 0.818 bits per heavy atom. The number of aromatic nitrogens is 3. The maximum atomic E-state index is 13.6. The van der Waals surface area contributed by atoms with E-state index in [1.165, 1.54) is 58.5 Å². The van der Waals surface area contributed by atoms with Crippen LogP contribution in [0.4, 0.5) is 49.7 Å². The van der Waals surface area contributed by atoms with Gasteiger partial charge in [-0.25, -0.2) is 83.1 Å². The van der Waals surface area contributed by atoms with Crippen molar-refractivity contribution >= 4 is 130 Å². The number of hydrogen-bond acceptors (Lipinski definition) is 22. The summed E-state index contributed by atoms with van der Waals surface area (Å²) in [6.45, 7) is 28.0. The Bertz CT molecular complexity index is 5100. The molecular weight excluding hydrogens is 1820 g/mol. The Balaban J connectivity index is 0.000000219. The Labute approximate surface area is 792 Å².